The Kier molecular flexibility index (Phi) is 6.36. The molecule has 2 heterocycles. The molecule has 2 aliphatic rings. The van der Waals surface area contributed by atoms with Crippen molar-refractivity contribution < 1.29 is 27.5 Å². The molecule has 0 spiro atoms. The van der Waals surface area contributed by atoms with Crippen molar-refractivity contribution in [3.05, 3.63) is 82.9 Å². The summed E-state index contributed by atoms with van der Waals surface area (Å²) in [5.41, 5.74) is 2.24. The standard InChI is InChI=1S/C26H23ClN2O6S/c1-34-26(31)24-16-28(22-6-2-3-7-23(22)35-24)25(30)18-8-13-21-17(15-18)5-4-14-29(21)36(32,33)20-11-9-19(27)10-12-20/h2-3,6-13,15,24H,4-5,14,16H2,1H3/t24-/m1/s1. The van der Waals surface area contributed by atoms with Gasteiger partial charge in [-0.3, -0.25) is 9.10 Å². The number of para-hydroxylation sites is 2. The van der Waals surface area contributed by atoms with Crippen molar-refractivity contribution in [3.8, 4) is 5.75 Å². The first-order chi connectivity index (χ1) is 17.3. The Labute approximate surface area is 214 Å². The van der Waals surface area contributed by atoms with E-state index in [2.05, 4.69) is 0 Å². The van der Waals surface area contributed by atoms with Gasteiger partial charge in [0.25, 0.3) is 15.9 Å². The van der Waals surface area contributed by atoms with Gasteiger partial charge in [0.1, 0.15) is 5.75 Å². The summed E-state index contributed by atoms with van der Waals surface area (Å²) in [5.74, 6) is -0.485. The van der Waals surface area contributed by atoms with Gasteiger partial charge in [-0.05, 0) is 73.0 Å². The predicted octanol–water partition coefficient (Wildman–Crippen LogP) is 4.06. The van der Waals surface area contributed by atoms with E-state index in [1.54, 1.807) is 54.6 Å². The zero-order valence-electron chi connectivity index (χ0n) is 19.4. The van der Waals surface area contributed by atoms with Gasteiger partial charge in [0.15, 0.2) is 0 Å². The highest BCUT2D eigenvalue weighted by atomic mass is 35.5. The van der Waals surface area contributed by atoms with E-state index in [4.69, 9.17) is 21.1 Å². The van der Waals surface area contributed by atoms with Crippen molar-refractivity contribution in [2.45, 2.75) is 23.8 Å². The molecule has 0 aliphatic carbocycles. The van der Waals surface area contributed by atoms with Crippen LogP contribution in [0.3, 0.4) is 0 Å². The average Bonchev–Trinajstić information content (AvgIpc) is 2.91. The molecule has 0 aromatic heterocycles. The van der Waals surface area contributed by atoms with E-state index >= 15 is 0 Å². The Morgan fingerprint density at radius 3 is 2.53 bits per heavy atom. The highest BCUT2D eigenvalue weighted by Gasteiger charge is 2.36. The number of rotatable bonds is 4. The topological polar surface area (TPSA) is 93.2 Å². The van der Waals surface area contributed by atoms with Gasteiger partial charge in [-0.2, -0.15) is 0 Å². The zero-order valence-corrected chi connectivity index (χ0v) is 21.0. The van der Waals surface area contributed by atoms with Crippen LogP contribution >= 0.6 is 11.6 Å². The summed E-state index contributed by atoms with van der Waals surface area (Å²) in [4.78, 5) is 27.4. The van der Waals surface area contributed by atoms with Crippen molar-refractivity contribution in [1.29, 1.82) is 0 Å². The molecular weight excluding hydrogens is 504 g/mol. The maximum Gasteiger partial charge on any atom is 0.348 e. The lowest BCUT2D eigenvalue weighted by Crippen LogP contribution is -2.47. The highest BCUT2D eigenvalue weighted by molar-refractivity contribution is 7.92. The maximum absolute atomic E-state index is 13.6. The minimum Gasteiger partial charge on any atom is -0.475 e. The second-order valence-corrected chi connectivity index (χ2v) is 10.8. The summed E-state index contributed by atoms with van der Waals surface area (Å²) >= 11 is 5.93. The molecule has 0 unspecified atom stereocenters. The van der Waals surface area contributed by atoms with Crippen LogP contribution < -0.4 is 13.9 Å². The fourth-order valence-electron chi connectivity index (χ4n) is 4.52. The first kappa shape index (κ1) is 24.1. The van der Waals surface area contributed by atoms with Crippen LogP contribution in [-0.2, 0) is 26.0 Å². The Morgan fingerprint density at radius 1 is 1.03 bits per heavy atom. The molecule has 0 bridgehead atoms. The number of sulfonamides is 1. The second-order valence-electron chi connectivity index (χ2n) is 8.49. The van der Waals surface area contributed by atoms with E-state index in [9.17, 15) is 18.0 Å². The largest absolute Gasteiger partial charge is 0.475 e. The molecule has 36 heavy (non-hydrogen) atoms. The molecule has 0 saturated carbocycles. The number of fused-ring (bicyclic) bond motifs is 2. The van der Waals surface area contributed by atoms with Crippen LogP contribution in [0.1, 0.15) is 22.3 Å². The van der Waals surface area contributed by atoms with Gasteiger partial charge in [0, 0.05) is 17.1 Å². The summed E-state index contributed by atoms with van der Waals surface area (Å²) in [5, 5.41) is 0.454. The van der Waals surface area contributed by atoms with Crippen LogP contribution in [0.25, 0.3) is 0 Å². The Bertz CT molecular complexity index is 1440. The third kappa shape index (κ3) is 4.29. The number of hydrogen-bond donors (Lipinski definition) is 0. The number of nitrogens with zero attached hydrogens (tertiary/aromatic N) is 2. The van der Waals surface area contributed by atoms with Crippen LogP contribution in [0.4, 0.5) is 11.4 Å². The van der Waals surface area contributed by atoms with Gasteiger partial charge in [-0.1, -0.05) is 23.7 Å². The molecular formula is C26H23ClN2O6S. The number of carbonyl (C=O) groups excluding carboxylic acids is 2. The Hall–Kier alpha value is -3.56. The Balaban J connectivity index is 1.48. The molecule has 10 heteroatoms. The normalized spacial score (nSPS) is 17.0. The number of hydrogen-bond acceptors (Lipinski definition) is 6. The van der Waals surface area contributed by atoms with Gasteiger partial charge in [-0.15, -0.1) is 0 Å². The van der Waals surface area contributed by atoms with E-state index < -0.39 is 22.1 Å². The van der Waals surface area contributed by atoms with Crippen molar-refractivity contribution in [2.75, 3.05) is 29.4 Å². The van der Waals surface area contributed by atoms with E-state index in [1.165, 1.54) is 28.4 Å². The smallest absolute Gasteiger partial charge is 0.348 e. The predicted molar refractivity (Wildman–Crippen MR) is 135 cm³/mol. The lowest BCUT2D eigenvalue weighted by molar-refractivity contribution is -0.148. The van der Waals surface area contributed by atoms with Gasteiger partial charge in [0.2, 0.25) is 6.10 Å². The van der Waals surface area contributed by atoms with Crippen LogP contribution in [0.15, 0.2) is 71.6 Å². The number of halogens is 1. The number of amides is 1. The van der Waals surface area contributed by atoms with Crippen LogP contribution in [0, 0.1) is 0 Å². The van der Waals surface area contributed by atoms with Gasteiger partial charge in [-0.25, -0.2) is 13.2 Å². The molecule has 1 amide bonds. The van der Waals surface area contributed by atoms with Crippen LogP contribution in [0.2, 0.25) is 5.02 Å². The quantitative estimate of drug-likeness (QED) is 0.476. The SMILES string of the molecule is COC(=O)[C@H]1CN(C(=O)c2ccc3c(c2)CCCN3S(=O)(=O)c2ccc(Cl)cc2)c2ccccc2O1. The summed E-state index contributed by atoms with van der Waals surface area (Å²) in [6.07, 6.45) is 0.294. The van der Waals surface area contributed by atoms with Crippen LogP contribution in [-0.4, -0.2) is 46.6 Å². The fraction of sp³-hybridized carbons (Fsp3) is 0.231. The highest BCUT2D eigenvalue weighted by Crippen LogP contribution is 2.36. The minimum absolute atomic E-state index is 0.00330. The van der Waals surface area contributed by atoms with E-state index in [0.717, 1.165) is 5.56 Å². The first-order valence-corrected chi connectivity index (χ1v) is 13.2. The lowest BCUT2D eigenvalue weighted by Gasteiger charge is -2.34. The van der Waals surface area contributed by atoms with E-state index in [0.29, 0.717) is 47.1 Å². The summed E-state index contributed by atoms with van der Waals surface area (Å²) in [7, 11) is -2.52. The molecule has 8 nitrogen and oxygen atoms in total. The van der Waals surface area contributed by atoms with Crippen molar-refractivity contribution in [2.24, 2.45) is 0 Å². The summed E-state index contributed by atoms with van der Waals surface area (Å²) < 4.78 is 38.6. The third-order valence-electron chi connectivity index (χ3n) is 6.29. The van der Waals surface area contributed by atoms with E-state index in [1.807, 2.05) is 0 Å². The molecule has 0 fully saturated rings. The molecule has 0 N–H and O–H groups in total. The molecule has 3 aromatic carbocycles. The molecule has 5 rings (SSSR count). The monoisotopic (exact) mass is 526 g/mol. The fourth-order valence-corrected chi connectivity index (χ4v) is 6.18. The molecule has 2 aliphatic heterocycles. The number of ether oxygens (including phenoxy) is 2. The summed E-state index contributed by atoms with van der Waals surface area (Å²) in [6, 6.07) is 18.0. The summed E-state index contributed by atoms with van der Waals surface area (Å²) in [6.45, 7) is 0.333. The van der Waals surface area contributed by atoms with Crippen molar-refractivity contribution >= 4 is 44.9 Å². The molecule has 0 saturated heterocycles. The molecule has 1 atom stereocenters. The lowest BCUT2D eigenvalue weighted by atomic mass is 10.00. The number of esters is 1. The number of anilines is 2. The molecule has 0 radical (unpaired) electrons. The molecule has 3 aromatic rings. The number of methoxy groups -OCH3 is 1. The molecule has 186 valence electrons. The number of aryl methyl sites for hydroxylation is 1. The number of benzene rings is 3. The van der Waals surface area contributed by atoms with Crippen molar-refractivity contribution in [3.63, 3.8) is 0 Å². The van der Waals surface area contributed by atoms with E-state index in [-0.39, 0.29) is 17.3 Å². The van der Waals surface area contributed by atoms with Gasteiger partial charge in [0.05, 0.1) is 29.9 Å². The Morgan fingerprint density at radius 2 is 1.78 bits per heavy atom. The maximum atomic E-state index is 13.6. The third-order valence-corrected chi connectivity index (χ3v) is 8.37. The number of carbonyl (C=O) groups is 2. The average molecular weight is 527 g/mol. The van der Waals surface area contributed by atoms with Gasteiger partial charge < -0.3 is 14.4 Å². The minimum atomic E-state index is -3.79. The first-order valence-electron chi connectivity index (χ1n) is 11.4. The van der Waals surface area contributed by atoms with Crippen molar-refractivity contribution in [1.82, 2.24) is 0 Å². The second kappa shape index (κ2) is 9.48. The van der Waals surface area contributed by atoms with Crippen LogP contribution in [0.5, 0.6) is 5.75 Å². The zero-order chi connectivity index (χ0) is 25.4. The van der Waals surface area contributed by atoms with Gasteiger partial charge >= 0.3 is 5.97 Å².